The first-order valence-corrected chi connectivity index (χ1v) is 6.83. The molecule has 1 heterocycles. The minimum absolute atomic E-state index is 0.118. The van der Waals surface area contributed by atoms with Gasteiger partial charge in [-0.3, -0.25) is 4.79 Å². The van der Waals surface area contributed by atoms with Gasteiger partial charge in [-0.1, -0.05) is 6.07 Å². The van der Waals surface area contributed by atoms with Crippen molar-refractivity contribution >= 4 is 38.7 Å². The summed E-state index contributed by atoms with van der Waals surface area (Å²) in [6.07, 6.45) is 0. The minimum atomic E-state index is -0.199. The summed E-state index contributed by atoms with van der Waals surface area (Å²) in [6.45, 7) is 0. The van der Waals surface area contributed by atoms with Crippen LogP contribution in [0.15, 0.2) is 48.5 Å². The number of hydrogen-bond donors (Lipinski definition) is 3. The highest BCUT2D eigenvalue weighted by Gasteiger charge is 2.11. The van der Waals surface area contributed by atoms with Crippen molar-refractivity contribution in [3.8, 4) is 5.75 Å². The Morgan fingerprint density at radius 3 is 2.80 bits per heavy atom. The molecule has 1 aromatic heterocycles. The van der Waals surface area contributed by atoms with Crippen molar-refractivity contribution in [1.29, 1.82) is 0 Å². The van der Waals surface area contributed by atoms with Gasteiger partial charge in [-0.25, -0.2) is 0 Å². The maximum Gasteiger partial charge on any atom is 0.265 e. The molecule has 0 atom stereocenters. The van der Waals surface area contributed by atoms with Crippen LogP contribution >= 0.6 is 11.3 Å². The summed E-state index contributed by atoms with van der Waals surface area (Å²) in [5, 5.41) is 13.1. The van der Waals surface area contributed by atoms with Crippen LogP contribution in [0.3, 0.4) is 0 Å². The third-order valence-corrected chi connectivity index (χ3v) is 3.98. The first-order valence-electron chi connectivity index (χ1n) is 6.01. The zero-order chi connectivity index (χ0) is 14.1. The Morgan fingerprint density at radius 1 is 1.15 bits per heavy atom. The molecule has 0 saturated carbocycles. The number of carbonyl (C=O) groups is 1. The molecule has 3 rings (SSSR count). The van der Waals surface area contributed by atoms with Crippen LogP contribution in [0.25, 0.3) is 10.1 Å². The normalized spacial score (nSPS) is 10.6. The summed E-state index contributed by atoms with van der Waals surface area (Å²) in [6, 6.07) is 13.8. The van der Waals surface area contributed by atoms with Gasteiger partial charge in [0, 0.05) is 22.1 Å². The number of anilines is 2. The molecule has 20 heavy (non-hydrogen) atoms. The second-order valence-electron chi connectivity index (χ2n) is 4.41. The predicted molar refractivity (Wildman–Crippen MR) is 82.3 cm³/mol. The topological polar surface area (TPSA) is 75.4 Å². The van der Waals surface area contributed by atoms with E-state index in [1.54, 1.807) is 18.2 Å². The number of phenols is 1. The summed E-state index contributed by atoms with van der Waals surface area (Å²) < 4.78 is 1.01. The molecule has 5 heteroatoms. The van der Waals surface area contributed by atoms with Crippen LogP contribution in [0.5, 0.6) is 5.75 Å². The summed E-state index contributed by atoms with van der Waals surface area (Å²) >= 11 is 1.41. The fourth-order valence-electron chi connectivity index (χ4n) is 1.95. The van der Waals surface area contributed by atoms with Gasteiger partial charge in [0.05, 0.1) is 4.88 Å². The molecule has 0 fully saturated rings. The average molecular weight is 284 g/mol. The van der Waals surface area contributed by atoms with E-state index in [1.807, 2.05) is 24.3 Å². The smallest absolute Gasteiger partial charge is 0.265 e. The van der Waals surface area contributed by atoms with E-state index in [2.05, 4.69) is 5.32 Å². The Labute approximate surface area is 119 Å². The van der Waals surface area contributed by atoms with Crippen molar-refractivity contribution in [2.45, 2.75) is 0 Å². The second-order valence-corrected chi connectivity index (χ2v) is 5.50. The molecule has 2 aromatic carbocycles. The molecule has 0 bridgehead atoms. The largest absolute Gasteiger partial charge is 0.508 e. The lowest BCUT2D eigenvalue weighted by atomic mass is 10.2. The number of thiophene rings is 1. The molecule has 0 aliphatic carbocycles. The number of nitrogens with one attached hydrogen (secondary N) is 1. The Kier molecular flexibility index (Phi) is 3.04. The van der Waals surface area contributed by atoms with E-state index >= 15 is 0 Å². The Morgan fingerprint density at radius 2 is 2.00 bits per heavy atom. The van der Waals surface area contributed by atoms with Crippen LogP contribution in [-0.2, 0) is 0 Å². The van der Waals surface area contributed by atoms with E-state index in [1.165, 1.54) is 17.4 Å². The number of carbonyl (C=O) groups excluding carboxylic acids is 1. The zero-order valence-electron chi connectivity index (χ0n) is 10.5. The maximum atomic E-state index is 12.2. The van der Waals surface area contributed by atoms with Crippen LogP contribution < -0.4 is 11.1 Å². The number of fused-ring (bicyclic) bond motifs is 1. The second kappa shape index (κ2) is 4.86. The first-order chi connectivity index (χ1) is 9.61. The number of rotatable bonds is 2. The Bertz CT molecular complexity index is 795. The predicted octanol–water partition coefficient (Wildman–Crippen LogP) is 3.44. The number of phenolic OH excluding ortho intramolecular Hbond substituents is 1. The van der Waals surface area contributed by atoms with Crippen LogP contribution in [0.4, 0.5) is 11.4 Å². The highest BCUT2D eigenvalue weighted by Crippen LogP contribution is 2.28. The van der Waals surface area contributed by atoms with Gasteiger partial charge >= 0.3 is 0 Å². The molecule has 1 amide bonds. The lowest BCUT2D eigenvalue weighted by Gasteiger charge is -2.03. The lowest BCUT2D eigenvalue weighted by molar-refractivity contribution is 0.103. The molecule has 0 aliphatic heterocycles. The van der Waals surface area contributed by atoms with Crippen molar-refractivity contribution in [2.24, 2.45) is 0 Å². The van der Waals surface area contributed by atoms with Crippen molar-refractivity contribution in [3.05, 3.63) is 53.4 Å². The van der Waals surface area contributed by atoms with E-state index in [0.29, 0.717) is 16.3 Å². The van der Waals surface area contributed by atoms with Crippen molar-refractivity contribution in [2.75, 3.05) is 11.1 Å². The highest BCUT2D eigenvalue weighted by molar-refractivity contribution is 7.20. The van der Waals surface area contributed by atoms with Gasteiger partial charge in [0.15, 0.2) is 0 Å². The van der Waals surface area contributed by atoms with Gasteiger partial charge in [-0.05, 0) is 41.8 Å². The van der Waals surface area contributed by atoms with Crippen molar-refractivity contribution < 1.29 is 9.90 Å². The van der Waals surface area contributed by atoms with E-state index in [0.717, 1.165) is 10.1 Å². The molecule has 0 saturated heterocycles. The first kappa shape index (κ1) is 12.5. The molecule has 0 unspecified atom stereocenters. The number of hydrogen-bond acceptors (Lipinski definition) is 4. The van der Waals surface area contributed by atoms with Gasteiger partial charge in [0.1, 0.15) is 5.75 Å². The SMILES string of the molecule is Nc1ccc2sc(C(=O)Nc3cccc(O)c3)cc2c1. The van der Waals surface area contributed by atoms with Gasteiger partial charge in [-0.15, -0.1) is 11.3 Å². The maximum absolute atomic E-state index is 12.2. The van der Waals surface area contributed by atoms with Crippen molar-refractivity contribution in [1.82, 2.24) is 0 Å². The molecular formula is C15H12N2O2S. The van der Waals surface area contributed by atoms with E-state index in [9.17, 15) is 9.90 Å². The van der Waals surface area contributed by atoms with E-state index < -0.39 is 0 Å². The van der Waals surface area contributed by atoms with Crippen LogP contribution in [0.2, 0.25) is 0 Å². The number of nitrogens with two attached hydrogens (primary N) is 1. The average Bonchev–Trinajstić information content (AvgIpc) is 2.81. The quantitative estimate of drug-likeness (QED) is 0.631. The Hall–Kier alpha value is -2.53. The summed E-state index contributed by atoms with van der Waals surface area (Å²) in [5.74, 6) is -0.0812. The fourth-order valence-corrected chi connectivity index (χ4v) is 2.89. The van der Waals surface area contributed by atoms with Crippen LogP contribution in [-0.4, -0.2) is 11.0 Å². The molecular weight excluding hydrogens is 272 g/mol. The van der Waals surface area contributed by atoms with Crippen LogP contribution in [0, 0.1) is 0 Å². The van der Waals surface area contributed by atoms with Gasteiger partial charge < -0.3 is 16.2 Å². The molecule has 4 N–H and O–H groups in total. The number of aromatic hydroxyl groups is 1. The van der Waals surface area contributed by atoms with Crippen molar-refractivity contribution in [3.63, 3.8) is 0 Å². The molecule has 4 nitrogen and oxygen atoms in total. The van der Waals surface area contributed by atoms with Gasteiger partial charge in [0.2, 0.25) is 0 Å². The zero-order valence-corrected chi connectivity index (χ0v) is 11.3. The van der Waals surface area contributed by atoms with Crippen LogP contribution in [0.1, 0.15) is 9.67 Å². The summed E-state index contributed by atoms with van der Waals surface area (Å²) in [4.78, 5) is 12.8. The number of amides is 1. The monoisotopic (exact) mass is 284 g/mol. The number of nitrogen functional groups attached to an aromatic ring is 1. The van der Waals surface area contributed by atoms with Gasteiger partial charge in [-0.2, -0.15) is 0 Å². The van der Waals surface area contributed by atoms with E-state index in [4.69, 9.17) is 5.73 Å². The molecule has 100 valence electrons. The van der Waals surface area contributed by atoms with E-state index in [-0.39, 0.29) is 11.7 Å². The highest BCUT2D eigenvalue weighted by atomic mass is 32.1. The third-order valence-electron chi connectivity index (χ3n) is 2.87. The molecule has 0 radical (unpaired) electrons. The molecule has 0 spiro atoms. The summed E-state index contributed by atoms with van der Waals surface area (Å²) in [7, 11) is 0. The summed E-state index contributed by atoms with van der Waals surface area (Å²) in [5.41, 5.74) is 6.96. The number of benzene rings is 2. The fraction of sp³-hybridized carbons (Fsp3) is 0. The Balaban J connectivity index is 1.88. The molecule has 3 aromatic rings. The lowest BCUT2D eigenvalue weighted by Crippen LogP contribution is -2.09. The third kappa shape index (κ3) is 2.44. The van der Waals surface area contributed by atoms with Gasteiger partial charge in [0.25, 0.3) is 5.91 Å². The minimum Gasteiger partial charge on any atom is -0.508 e. The molecule has 0 aliphatic rings. The standard InChI is InChI=1S/C15H12N2O2S/c16-10-4-5-13-9(6-10)7-14(20-13)15(19)17-11-2-1-3-12(18)8-11/h1-8,18H,16H2,(H,17,19).